The van der Waals surface area contributed by atoms with E-state index in [0.717, 1.165) is 35.9 Å². The van der Waals surface area contributed by atoms with E-state index in [9.17, 15) is 0 Å². The summed E-state index contributed by atoms with van der Waals surface area (Å²) in [5.41, 5.74) is 2.14. The first-order valence-electron chi connectivity index (χ1n) is 8.56. The summed E-state index contributed by atoms with van der Waals surface area (Å²) in [6.45, 7) is 2.19. The predicted molar refractivity (Wildman–Crippen MR) is 92.5 cm³/mol. The Kier molecular flexibility index (Phi) is 4.35. The van der Waals surface area contributed by atoms with Crippen molar-refractivity contribution in [3.63, 3.8) is 0 Å². The average molecular weight is 316 g/mol. The van der Waals surface area contributed by atoms with Gasteiger partial charge in [-0.25, -0.2) is 9.97 Å². The Morgan fingerprint density at radius 2 is 2.27 bits per heavy atom. The van der Waals surface area contributed by atoms with Crippen molar-refractivity contribution in [1.82, 2.24) is 19.9 Å². The molecular weight excluding hydrogens is 292 g/mol. The van der Waals surface area contributed by atoms with Crippen molar-refractivity contribution in [3.05, 3.63) is 24.2 Å². The standard InChI is InChI=1S/C17H24N4S/c1-2-10-22-14(6-1)11-16-20-15-7-4-9-19-17(15)21(16)13-5-3-8-18-12-13/h4,7,9,13-14,18H,1-3,5-6,8,10-12H2. The molecule has 0 radical (unpaired) electrons. The molecule has 1 N–H and O–H groups in total. The number of thioether (sulfide) groups is 1. The van der Waals surface area contributed by atoms with Crippen LogP contribution in [0.25, 0.3) is 11.2 Å². The Labute approximate surface area is 136 Å². The van der Waals surface area contributed by atoms with Crippen LogP contribution < -0.4 is 5.32 Å². The van der Waals surface area contributed by atoms with Crippen LogP contribution in [-0.4, -0.2) is 38.6 Å². The Morgan fingerprint density at radius 1 is 1.27 bits per heavy atom. The SMILES string of the molecule is c1cnc2c(c1)nc(CC1CCCCS1)n2C1CCCNC1. The summed E-state index contributed by atoms with van der Waals surface area (Å²) < 4.78 is 2.44. The lowest BCUT2D eigenvalue weighted by molar-refractivity contribution is 0.368. The van der Waals surface area contributed by atoms with Crippen LogP contribution in [0.1, 0.15) is 44.0 Å². The van der Waals surface area contributed by atoms with Crippen molar-refractivity contribution in [2.75, 3.05) is 18.8 Å². The van der Waals surface area contributed by atoms with Crippen molar-refractivity contribution in [2.24, 2.45) is 0 Å². The molecule has 22 heavy (non-hydrogen) atoms. The molecule has 118 valence electrons. The number of pyridine rings is 1. The van der Waals surface area contributed by atoms with Crippen LogP contribution in [0.3, 0.4) is 0 Å². The topological polar surface area (TPSA) is 42.7 Å². The largest absolute Gasteiger partial charge is 0.315 e. The van der Waals surface area contributed by atoms with E-state index in [2.05, 4.69) is 32.7 Å². The molecule has 0 saturated carbocycles. The van der Waals surface area contributed by atoms with Gasteiger partial charge >= 0.3 is 0 Å². The second-order valence-electron chi connectivity index (χ2n) is 6.44. The molecular formula is C17H24N4S. The number of piperidine rings is 1. The van der Waals surface area contributed by atoms with Gasteiger partial charge in [-0.2, -0.15) is 11.8 Å². The third-order valence-electron chi connectivity index (χ3n) is 4.84. The Bertz CT molecular complexity index is 627. The summed E-state index contributed by atoms with van der Waals surface area (Å²) in [6.07, 6.45) is 9.57. The summed E-state index contributed by atoms with van der Waals surface area (Å²) in [6, 6.07) is 4.61. The molecule has 0 spiro atoms. The monoisotopic (exact) mass is 316 g/mol. The van der Waals surface area contributed by atoms with Crippen LogP contribution in [0.5, 0.6) is 0 Å². The van der Waals surface area contributed by atoms with Crippen LogP contribution in [-0.2, 0) is 6.42 Å². The van der Waals surface area contributed by atoms with Crippen LogP contribution in [0.4, 0.5) is 0 Å². The molecule has 5 heteroatoms. The Morgan fingerprint density at radius 3 is 3.09 bits per heavy atom. The lowest BCUT2D eigenvalue weighted by atomic mass is 10.1. The van der Waals surface area contributed by atoms with Crippen molar-refractivity contribution in [3.8, 4) is 0 Å². The first-order valence-corrected chi connectivity index (χ1v) is 9.61. The molecule has 0 aromatic carbocycles. The second kappa shape index (κ2) is 6.59. The van der Waals surface area contributed by atoms with Gasteiger partial charge in [0.25, 0.3) is 0 Å². The molecule has 0 amide bonds. The minimum Gasteiger partial charge on any atom is -0.315 e. The highest BCUT2D eigenvalue weighted by Crippen LogP contribution is 2.30. The summed E-state index contributed by atoms with van der Waals surface area (Å²) in [5, 5.41) is 4.27. The lowest BCUT2D eigenvalue weighted by Gasteiger charge is -2.27. The smallest absolute Gasteiger partial charge is 0.160 e. The molecule has 2 saturated heterocycles. The maximum atomic E-state index is 4.94. The van der Waals surface area contributed by atoms with E-state index in [1.807, 2.05) is 12.3 Å². The van der Waals surface area contributed by atoms with Gasteiger partial charge in [0.15, 0.2) is 5.65 Å². The van der Waals surface area contributed by atoms with E-state index in [1.54, 1.807) is 0 Å². The number of hydrogen-bond acceptors (Lipinski definition) is 4. The molecule has 2 aromatic heterocycles. The number of nitrogens with zero attached hydrogens (tertiary/aromatic N) is 3. The van der Waals surface area contributed by atoms with Crippen molar-refractivity contribution in [2.45, 2.75) is 49.8 Å². The van der Waals surface area contributed by atoms with Crippen molar-refractivity contribution >= 4 is 22.9 Å². The minimum atomic E-state index is 0.511. The molecule has 4 rings (SSSR count). The first kappa shape index (κ1) is 14.5. The van der Waals surface area contributed by atoms with Gasteiger partial charge < -0.3 is 9.88 Å². The molecule has 2 unspecified atom stereocenters. The van der Waals surface area contributed by atoms with Crippen LogP contribution in [0, 0.1) is 0 Å². The maximum absolute atomic E-state index is 4.94. The quantitative estimate of drug-likeness (QED) is 0.944. The number of aromatic nitrogens is 3. The van der Waals surface area contributed by atoms with Gasteiger partial charge in [-0.05, 0) is 50.1 Å². The number of rotatable bonds is 3. The number of hydrogen-bond donors (Lipinski definition) is 1. The minimum absolute atomic E-state index is 0.511. The van der Waals surface area contributed by atoms with E-state index in [-0.39, 0.29) is 0 Å². The fourth-order valence-electron chi connectivity index (χ4n) is 3.73. The summed E-state index contributed by atoms with van der Waals surface area (Å²) in [5.74, 6) is 2.57. The zero-order valence-electron chi connectivity index (χ0n) is 13.0. The fraction of sp³-hybridized carbons (Fsp3) is 0.647. The maximum Gasteiger partial charge on any atom is 0.160 e. The van der Waals surface area contributed by atoms with Gasteiger partial charge in [0.2, 0.25) is 0 Å². The van der Waals surface area contributed by atoms with E-state index in [4.69, 9.17) is 4.98 Å². The molecule has 2 aliphatic heterocycles. The van der Waals surface area contributed by atoms with Crippen molar-refractivity contribution < 1.29 is 0 Å². The lowest BCUT2D eigenvalue weighted by Crippen LogP contribution is -2.33. The van der Waals surface area contributed by atoms with Gasteiger partial charge in [0.05, 0.1) is 0 Å². The highest BCUT2D eigenvalue weighted by Gasteiger charge is 2.24. The molecule has 4 heterocycles. The highest BCUT2D eigenvalue weighted by atomic mass is 32.2. The molecule has 0 aliphatic carbocycles. The van der Waals surface area contributed by atoms with Crippen LogP contribution >= 0.6 is 11.8 Å². The molecule has 2 atom stereocenters. The molecule has 4 nitrogen and oxygen atoms in total. The molecule has 2 aliphatic rings. The fourth-order valence-corrected chi connectivity index (χ4v) is 5.03. The number of nitrogens with one attached hydrogen (secondary N) is 1. The Hall–Kier alpha value is -1.07. The summed E-state index contributed by atoms with van der Waals surface area (Å²) in [4.78, 5) is 9.58. The zero-order valence-corrected chi connectivity index (χ0v) is 13.8. The van der Waals surface area contributed by atoms with Gasteiger partial charge in [-0.15, -0.1) is 0 Å². The van der Waals surface area contributed by atoms with Gasteiger partial charge in [-0.3, -0.25) is 0 Å². The van der Waals surface area contributed by atoms with E-state index in [1.165, 1.54) is 43.7 Å². The highest BCUT2D eigenvalue weighted by molar-refractivity contribution is 7.99. The number of imidazole rings is 1. The third-order valence-corrected chi connectivity index (χ3v) is 6.24. The third kappa shape index (κ3) is 2.88. The molecule has 0 bridgehead atoms. The van der Waals surface area contributed by atoms with Crippen molar-refractivity contribution in [1.29, 1.82) is 0 Å². The van der Waals surface area contributed by atoms with Crippen LogP contribution in [0.2, 0.25) is 0 Å². The summed E-state index contributed by atoms with van der Waals surface area (Å²) >= 11 is 2.13. The van der Waals surface area contributed by atoms with Crippen LogP contribution in [0.15, 0.2) is 18.3 Å². The number of fused-ring (bicyclic) bond motifs is 1. The zero-order chi connectivity index (χ0) is 14.8. The average Bonchev–Trinajstić information content (AvgIpc) is 2.94. The van der Waals surface area contributed by atoms with Gasteiger partial charge in [0, 0.05) is 30.5 Å². The normalized spacial score (nSPS) is 26.4. The van der Waals surface area contributed by atoms with E-state index < -0.39 is 0 Å². The van der Waals surface area contributed by atoms with Gasteiger partial charge in [-0.1, -0.05) is 6.42 Å². The molecule has 2 fully saturated rings. The first-order chi connectivity index (χ1) is 10.9. The molecule has 2 aromatic rings. The predicted octanol–water partition coefficient (Wildman–Crippen LogP) is 3.18. The Balaban J connectivity index is 1.68. The van der Waals surface area contributed by atoms with E-state index >= 15 is 0 Å². The summed E-state index contributed by atoms with van der Waals surface area (Å²) in [7, 11) is 0. The van der Waals surface area contributed by atoms with Gasteiger partial charge in [0.1, 0.15) is 11.3 Å². The van der Waals surface area contributed by atoms with E-state index in [0.29, 0.717) is 6.04 Å². The second-order valence-corrected chi connectivity index (χ2v) is 7.85.